The van der Waals surface area contributed by atoms with Gasteiger partial charge < -0.3 is 19.9 Å². The Morgan fingerprint density at radius 3 is 2.70 bits per heavy atom. The maximum atomic E-state index is 13.5. The van der Waals surface area contributed by atoms with Crippen molar-refractivity contribution in [3.63, 3.8) is 0 Å². The van der Waals surface area contributed by atoms with Gasteiger partial charge in [-0.1, -0.05) is 12.1 Å². The lowest BCUT2D eigenvalue weighted by Crippen LogP contribution is -2.16. The molecule has 0 radical (unpaired) electrons. The van der Waals surface area contributed by atoms with Gasteiger partial charge in [0.25, 0.3) is 0 Å². The molecule has 2 N–H and O–H groups in total. The second-order valence-corrected chi connectivity index (χ2v) is 6.58. The van der Waals surface area contributed by atoms with E-state index in [1.807, 2.05) is 0 Å². The maximum absolute atomic E-state index is 13.5. The molecule has 30 heavy (non-hydrogen) atoms. The van der Waals surface area contributed by atoms with Gasteiger partial charge in [-0.3, -0.25) is 0 Å². The number of methoxy groups -OCH3 is 1. The van der Waals surface area contributed by atoms with Gasteiger partial charge in [0.1, 0.15) is 18.2 Å². The molecule has 0 amide bonds. The summed E-state index contributed by atoms with van der Waals surface area (Å²) in [5.41, 5.74) is -0.257. The quantitative estimate of drug-likeness (QED) is 0.529. The minimum Gasteiger partial charge on any atom is -0.490 e. The molecule has 0 aliphatic heterocycles. The molecule has 0 unspecified atom stereocenters. The van der Waals surface area contributed by atoms with E-state index in [1.165, 1.54) is 25.4 Å². The summed E-state index contributed by atoms with van der Waals surface area (Å²) in [6.45, 7) is 0.950. The molecule has 0 bridgehead atoms. The van der Waals surface area contributed by atoms with Crippen LogP contribution in [0.4, 0.5) is 19.0 Å². The Hall–Kier alpha value is -2.85. The van der Waals surface area contributed by atoms with E-state index in [-0.39, 0.29) is 23.2 Å². The van der Waals surface area contributed by atoms with Gasteiger partial charge in [0.2, 0.25) is 11.2 Å². The van der Waals surface area contributed by atoms with Crippen LogP contribution in [0, 0.1) is 0 Å². The Kier molecular flexibility index (Phi) is 6.47. The summed E-state index contributed by atoms with van der Waals surface area (Å²) in [6.07, 6.45) is -3.16. The molecule has 0 saturated heterocycles. The van der Waals surface area contributed by atoms with Crippen molar-refractivity contribution >= 4 is 28.3 Å². The van der Waals surface area contributed by atoms with Gasteiger partial charge in [-0.05, 0) is 24.6 Å². The van der Waals surface area contributed by atoms with Crippen molar-refractivity contribution in [3.05, 3.63) is 46.9 Å². The maximum Gasteiger partial charge on any atom is 0.419 e. The number of anilines is 1. The summed E-state index contributed by atoms with van der Waals surface area (Å²) in [7, 11) is 1.45. The van der Waals surface area contributed by atoms with Gasteiger partial charge in [-0.25, -0.2) is 15.0 Å². The van der Waals surface area contributed by atoms with Crippen LogP contribution in [0.15, 0.2) is 30.5 Å². The fourth-order valence-corrected chi connectivity index (χ4v) is 3.09. The van der Waals surface area contributed by atoms with Crippen molar-refractivity contribution in [1.82, 2.24) is 15.0 Å². The average molecular weight is 443 g/mol. The van der Waals surface area contributed by atoms with Crippen LogP contribution in [-0.4, -0.2) is 40.4 Å². The Morgan fingerprint density at radius 1 is 1.27 bits per heavy atom. The smallest absolute Gasteiger partial charge is 0.419 e. The molecule has 2 aromatic heterocycles. The molecule has 0 spiro atoms. The number of nitrogens with zero attached hydrogens (tertiary/aromatic N) is 3. The highest BCUT2D eigenvalue weighted by Gasteiger charge is 2.36. The summed E-state index contributed by atoms with van der Waals surface area (Å²) < 4.78 is 50.8. The molecule has 160 valence electrons. The number of para-hydroxylation sites is 1. The lowest BCUT2D eigenvalue weighted by molar-refractivity contribution is -0.139. The molecule has 0 saturated carbocycles. The van der Waals surface area contributed by atoms with Crippen LogP contribution in [0.2, 0.25) is 5.28 Å². The predicted molar refractivity (Wildman–Crippen MR) is 105 cm³/mol. The van der Waals surface area contributed by atoms with E-state index >= 15 is 0 Å². The zero-order valence-corrected chi connectivity index (χ0v) is 16.8. The number of aliphatic hydroxyl groups is 1. The van der Waals surface area contributed by atoms with Crippen molar-refractivity contribution in [2.45, 2.75) is 19.1 Å². The second-order valence-electron chi connectivity index (χ2n) is 6.24. The fraction of sp³-hybridized carbons (Fsp3) is 0.316. The number of fused-ring (bicyclic) bond motifs is 1. The third kappa shape index (κ3) is 4.65. The van der Waals surface area contributed by atoms with Crippen molar-refractivity contribution < 1.29 is 27.8 Å². The van der Waals surface area contributed by atoms with Crippen LogP contribution in [0.3, 0.4) is 0 Å². The third-order valence-electron chi connectivity index (χ3n) is 4.25. The lowest BCUT2D eigenvalue weighted by atomic mass is 10.0. The Balaban J connectivity index is 2.05. The minimum absolute atomic E-state index is 0.0510. The monoisotopic (exact) mass is 442 g/mol. The second kappa shape index (κ2) is 8.88. The molecule has 11 heteroatoms. The van der Waals surface area contributed by atoms with Crippen LogP contribution < -0.4 is 14.8 Å². The highest BCUT2D eigenvalue weighted by molar-refractivity contribution is 6.28. The largest absolute Gasteiger partial charge is 0.490 e. The summed E-state index contributed by atoms with van der Waals surface area (Å²) >= 11 is 5.99. The number of benzene rings is 1. The van der Waals surface area contributed by atoms with Crippen molar-refractivity contribution in [1.29, 1.82) is 0 Å². The molecule has 2 heterocycles. The Bertz CT molecular complexity index is 1050. The molecular weight excluding hydrogens is 425 g/mol. The number of aromatic nitrogens is 3. The zero-order valence-electron chi connectivity index (χ0n) is 16.0. The molecule has 0 aliphatic carbocycles. The number of aliphatic hydroxyl groups excluding tert-OH is 1. The predicted octanol–water partition coefficient (Wildman–Crippen LogP) is 4.25. The van der Waals surface area contributed by atoms with Gasteiger partial charge >= 0.3 is 6.18 Å². The standard InChI is InChI=1S/C19H18ClF3N4O3/c1-10(11-4-3-5-13(19(21,22)23)16(11)30-7-6-28)25-17-12-8-15(29-2)24-9-14(12)26-18(20)27-17/h3-5,8-10,28H,6-7H2,1-2H3,(H,25,26,27)/t10-/m1/s1. The first-order chi connectivity index (χ1) is 14.2. The first-order valence-electron chi connectivity index (χ1n) is 8.82. The topological polar surface area (TPSA) is 89.4 Å². The van der Waals surface area contributed by atoms with Crippen molar-refractivity contribution in [3.8, 4) is 11.6 Å². The van der Waals surface area contributed by atoms with E-state index in [4.69, 9.17) is 26.2 Å². The van der Waals surface area contributed by atoms with Gasteiger partial charge in [-0.15, -0.1) is 0 Å². The van der Waals surface area contributed by atoms with Crippen LogP contribution >= 0.6 is 11.6 Å². The summed E-state index contributed by atoms with van der Waals surface area (Å²) in [4.78, 5) is 12.3. The van der Waals surface area contributed by atoms with Crippen molar-refractivity contribution in [2.75, 3.05) is 25.6 Å². The highest BCUT2D eigenvalue weighted by Crippen LogP contribution is 2.41. The lowest BCUT2D eigenvalue weighted by Gasteiger charge is -2.22. The SMILES string of the molecule is COc1cc2c(N[C@H](C)c3cccc(C(F)(F)F)c3OCCO)nc(Cl)nc2cn1. The summed E-state index contributed by atoms with van der Waals surface area (Å²) in [5.74, 6) is 0.252. The van der Waals surface area contributed by atoms with Crippen LogP contribution in [0.5, 0.6) is 11.6 Å². The van der Waals surface area contributed by atoms with Crippen LogP contribution in [0.1, 0.15) is 24.1 Å². The molecule has 7 nitrogen and oxygen atoms in total. The van der Waals surface area contributed by atoms with Gasteiger partial charge in [0, 0.05) is 17.0 Å². The van der Waals surface area contributed by atoms with E-state index in [1.54, 1.807) is 13.0 Å². The summed E-state index contributed by atoms with van der Waals surface area (Å²) in [5, 5.41) is 12.6. The van der Waals surface area contributed by atoms with Crippen LogP contribution in [0.25, 0.3) is 10.9 Å². The van der Waals surface area contributed by atoms with Gasteiger partial charge in [0.15, 0.2) is 0 Å². The van der Waals surface area contributed by atoms with Gasteiger partial charge in [-0.2, -0.15) is 13.2 Å². The van der Waals surface area contributed by atoms with E-state index in [2.05, 4.69) is 20.3 Å². The third-order valence-corrected chi connectivity index (χ3v) is 4.42. The Morgan fingerprint density at radius 2 is 2.03 bits per heavy atom. The Labute approximate surface area is 174 Å². The molecule has 1 atom stereocenters. The van der Waals surface area contributed by atoms with Gasteiger partial charge in [0.05, 0.1) is 37.0 Å². The number of halogens is 4. The minimum atomic E-state index is -4.62. The number of rotatable bonds is 7. The molecule has 1 aromatic carbocycles. The molecular formula is C19H18ClF3N4O3. The zero-order chi connectivity index (χ0) is 21.9. The first-order valence-corrected chi connectivity index (χ1v) is 9.20. The first kappa shape index (κ1) is 21.8. The van der Waals surface area contributed by atoms with E-state index in [0.29, 0.717) is 22.6 Å². The average Bonchev–Trinajstić information content (AvgIpc) is 2.70. The van der Waals surface area contributed by atoms with E-state index in [0.717, 1.165) is 6.07 Å². The number of nitrogens with one attached hydrogen (secondary N) is 1. The van der Waals surface area contributed by atoms with E-state index < -0.39 is 24.4 Å². The molecule has 3 rings (SSSR count). The number of hydrogen-bond acceptors (Lipinski definition) is 7. The number of ether oxygens (including phenoxy) is 2. The molecule has 0 aliphatic rings. The fourth-order valence-electron chi connectivity index (χ4n) is 2.92. The highest BCUT2D eigenvalue weighted by atomic mass is 35.5. The summed E-state index contributed by atoms with van der Waals surface area (Å²) in [6, 6.07) is 4.66. The van der Waals surface area contributed by atoms with Crippen LogP contribution in [-0.2, 0) is 6.18 Å². The molecule has 3 aromatic rings. The van der Waals surface area contributed by atoms with Crippen molar-refractivity contribution in [2.24, 2.45) is 0 Å². The number of alkyl halides is 3. The van der Waals surface area contributed by atoms with E-state index in [9.17, 15) is 13.2 Å². The number of hydrogen-bond donors (Lipinski definition) is 2. The number of pyridine rings is 1. The molecule has 0 fully saturated rings. The normalized spacial score (nSPS) is 12.6.